The molecule has 1 rings (SSSR count). The fraction of sp³-hybridized carbons (Fsp3) is 0.800. The number of hydrogen-bond acceptors (Lipinski definition) is 3. The van der Waals surface area contributed by atoms with Crippen molar-refractivity contribution in [2.75, 3.05) is 6.54 Å². The number of carboxylic acids is 1. The first-order valence-corrected chi connectivity index (χ1v) is 4.25. The van der Waals surface area contributed by atoms with Gasteiger partial charge in [0, 0.05) is 17.8 Å². The predicted octanol–water partition coefficient (Wildman–Crippen LogP) is -0.670. The van der Waals surface area contributed by atoms with Gasteiger partial charge in [-0.3, -0.25) is 9.00 Å². The van der Waals surface area contributed by atoms with Crippen molar-refractivity contribution >= 4 is 17.2 Å². The highest BCUT2D eigenvalue weighted by Gasteiger charge is 2.30. The molecule has 0 amide bonds. The van der Waals surface area contributed by atoms with E-state index >= 15 is 0 Å². The first kappa shape index (κ1) is 8.63. The molecular weight excluding hydrogens is 170 g/mol. The second kappa shape index (κ2) is 3.29. The lowest BCUT2D eigenvalue weighted by molar-refractivity contribution is -0.140. The maximum atomic E-state index is 10.4. The van der Waals surface area contributed by atoms with Crippen molar-refractivity contribution in [1.82, 2.24) is 4.31 Å². The summed E-state index contributed by atoms with van der Waals surface area (Å²) in [5, 5.41) is 8.52. The smallest absolute Gasteiger partial charge is 0.321 e. The van der Waals surface area contributed by atoms with Crippen molar-refractivity contribution in [3.63, 3.8) is 0 Å². The second-order valence-corrected chi connectivity index (χ2v) is 3.26. The van der Waals surface area contributed by atoms with Crippen molar-refractivity contribution < 1.29 is 18.7 Å². The SMILES string of the molecule is O=C(O)C1CCCN1S(=O)[O-]. The molecule has 64 valence electrons. The highest BCUT2D eigenvalue weighted by Crippen LogP contribution is 2.17. The van der Waals surface area contributed by atoms with Gasteiger partial charge >= 0.3 is 5.97 Å². The Hall–Kier alpha value is -0.460. The minimum atomic E-state index is -2.39. The third kappa shape index (κ3) is 1.76. The van der Waals surface area contributed by atoms with Gasteiger partial charge in [-0.1, -0.05) is 0 Å². The minimum Gasteiger partial charge on any atom is -0.760 e. The number of aliphatic carboxylic acids is 1. The topological polar surface area (TPSA) is 80.7 Å². The van der Waals surface area contributed by atoms with Gasteiger partial charge in [-0.05, 0) is 12.8 Å². The van der Waals surface area contributed by atoms with Crippen LogP contribution in [0.2, 0.25) is 0 Å². The summed E-state index contributed by atoms with van der Waals surface area (Å²) in [5.74, 6) is -1.06. The first-order chi connectivity index (χ1) is 5.13. The lowest BCUT2D eigenvalue weighted by Gasteiger charge is -2.22. The van der Waals surface area contributed by atoms with Gasteiger partial charge in [-0.2, -0.15) is 0 Å². The van der Waals surface area contributed by atoms with Crippen LogP contribution in [0.3, 0.4) is 0 Å². The van der Waals surface area contributed by atoms with Crippen LogP contribution in [0.1, 0.15) is 12.8 Å². The van der Waals surface area contributed by atoms with Crippen LogP contribution < -0.4 is 0 Å². The van der Waals surface area contributed by atoms with Crippen molar-refractivity contribution in [1.29, 1.82) is 0 Å². The van der Waals surface area contributed by atoms with Gasteiger partial charge in [0.05, 0.1) is 0 Å². The molecule has 2 atom stereocenters. The molecule has 1 heterocycles. The molecule has 1 N–H and O–H groups in total. The summed E-state index contributed by atoms with van der Waals surface area (Å²) in [6.45, 7) is 0.326. The summed E-state index contributed by atoms with van der Waals surface area (Å²) < 4.78 is 21.7. The van der Waals surface area contributed by atoms with Gasteiger partial charge in [-0.25, -0.2) is 4.31 Å². The molecule has 0 bridgehead atoms. The van der Waals surface area contributed by atoms with Crippen LogP contribution in [0.25, 0.3) is 0 Å². The van der Waals surface area contributed by atoms with E-state index in [0.29, 0.717) is 19.4 Å². The Morgan fingerprint density at radius 3 is 2.73 bits per heavy atom. The molecule has 0 aromatic heterocycles. The maximum absolute atomic E-state index is 10.4. The molecular formula is C5H8NO4S-. The Balaban J connectivity index is 2.65. The molecule has 0 aliphatic carbocycles. The highest BCUT2D eigenvalue weighted by atomic mass is 32.2. The third-order valence-corrected chi connectivity index (χ3v) is 2.50. The van der Waals surface area contributed by atoms with Crippen LogP contribution in [-0.2, 0) is 16.1 Å². The van der Waals surface area contributed by atoms with E-state index in [1.807, 2.05) is 0 Å². The van der Waals surface area contributed by atoms with Gasteiger partial charge < -0.3 is 9.66 Å². The second-order valence-electron chi connectivity index (χ2n) is 2.35. The molecule has 1 aliphatic heterocycles. The number of carbonyl (C=O) groups is 1. The van der Waals surface area contributed by atoms with Crippen molar-refractivity contribution in [2.45, 2.75) is 18.9 Å². The van der Waals surface area contributed by atoms with Gasteiger partial charge in [-0.15, -0.1) is 0 Å². The average Bonchev–Trinajstić information content (AvgIpc) is 2.32. The maximum Gasteiger partial charge on any atom is 0.321 e. The fourth-order valence-corrected chi connectivity index (χ4v) is 1.85. The quantitative estimate of drug-likeness (QED) is 0.568. The Labute approximate surface area is 66.4 Å². The lowest BCUT2D eigenvalue weighted by Crippen LogP contribution is -2.36. The van der Waals surface area contributed by atoms with Crippen molar-refractivity contribution in [3.8, 4) is 0 Å². The number of nitrogens with zero attached hydrogens (tertiary/aromatic N) is 1. The van der Waals surface area contributed by atoms with E-state index in [1.54, 1.807) is 0 Å². The number of carboxylic acid groups (broad SMARTS) is 1. The van der Waals surface area contributed by atoms with E-state index in [-0.39, 0.29) is 0 Å². The van der Waals surface area contributed by atoms with Crippen molar-refractivity contribution in [3.05, 3.63) is 0 Å². The summed E-state index contributed by atoms with van der Waals surface area (Å²) in [7, 11) is 0. The zero-order valence-electron chi connectivity index (χ0n) is 5.73. The molecule has 5 nitrogen and oxygen atoms in total. The van der Waals surface area contributed by atoms with E-state index in [2.05, 4.69) is 0 Å². The largest absolute Gasteiger partial charge is 0.760 e. The van der Waals surface area contributed by atoms with Gasteiger partial charge in [0.1, 0.15) is 6.04 Å². The van der Waals surface area contributed by atoms with Crippen LogP contribution in [0.5, 0.6) is 0 Å². The number of rotatable bonds is 2. The Morgan fingerprint density at radius 2 is 2.36 bits per heavy atom. The molecule has 11 heavy (non-hydrogen) atoms. The van der Waals surface area contributed by atoms with Crippen LogP contribution in [0.4, 0.5) is 0 Å². The molecule has 0 aromatic carbocycles. The van der Waals surface area contributed by atoms with Gasteiger partial charge in [0.2, 0.25) is 0 Å². The van der Waals surface area contributed by atoms with Crippen LogP contribution >= 0.6 is 0 Å². The van der Waals surface area contributed by atoms with E-state index < -0.39 is 23.3 Å². The molecule has 1 aliphatic rings. The predicted molar refractivity (Wildman–Crippen MR) is 36.3 cm³/mol. The summed E-state index contributed by atoms with van der Waals surface area (Å²) in [5.41, 5.74) is 0. The zero-order chi connectivity index (χ0) is 8.43. The zero-order valence-corrected chi connectivity index (χ0v) is 6.54. The Morgan fingerprint density at radius 1 is 1.73 bits per heavy atom. The standard InChI is InChI=1S/C5H9NO4S/c7-5(8)4-2-1-3-6(4)11(9)10/h4H,1-3H2,(H,7,8)(H,9,10)/p-1. The summed E-state index contributed by atoms with van der Waals surface area (Å²) in [6.07, 6.45) is 1.05. The van der Waals surface area contributed by atoms with Crippen LogP contribution in [0.15, 0.2) is 0 Å². The first-order valence-electron chi connectivity index (χ1n) is 3.21. The molecule has 0 spiro atoms. The molecule has 0 saturated carbocycles. The number of hydrogen-bond donors (Lipinski definition) is 1. The molecule has 0 aromatic rings. The fourth-order valence-electron chi connectivity index (χ4n) is 1.17. The Bertz CT molecular complexity index is 175. The molecule has 0 radical (unpaired) electrons. The summed E-state index contributed by atoms with van der Waals surface area (Å²) >= 11 is -2.39. The monoisotopic (exact) mass is 178 g/mol. The molecule has 6 heteroatoms. The van der Waals surface area contributed by atoms with Gasteiger partial charge in [0.15, 0.2) is 0 Å². The molecule has 2 unspecified atom stereocenters. The van der Waals surface area contributed by atoms with Crippen LogP contribution in [-0.4, -0.2) is 36.7 Å². The molecule has 1 fully saturated rings. The van der Waals surface area contributed by atoms with Crippen molar-refractivity contribution in [2.24, 2.45) is 0 Å². The van der Waals surface area contributed by atoms with E-state index in [0.717, 1.165) is 4.31 Å². The Kier molecular flexibility index (Phi) is 2.58. The van der Waals surface area contributed by atoms with E-state index in [4.69, 9.17) is 5.11 Å². The summed E-state index contributed by atoms with van der Waals surface area (Å²) in [6, 6.07) is -0.840. The van der Waals surface area contributed by atoms with E-state index in [1.165, 1.54) is 0 Å². The minimum absolute atomic E-state index is 0.326. The average molecular weight is 178 g/mol. The lowest BCUT2D eigenvalue weighted by atomic mass is 10.2. The van der Waals surface area contributed by atoms with Crippen LogP contribution in [0, 0.1) is 0 Å². The molecule has 1 saturated heterocycles. The highest BCUT2D eigenvalue weighted by molar-refractivity contribution is 7.76. The normalized spacial score (nSPS) is 28.6. The van der Waals surface area contributed by atoms with E-state index in [9.17, 15) is 13.6 Å². The van der Waals surface area contributed by atoms with Gasteiger partial charge in [0.25, 0.3) is 0 Å². The summed E-state index contributed by atoms with van der Waals surface area (Å²) in [4.78, 5) is 10.4. The third-order valence-electron chi connectivity index (χ3n) is 1.68.